The van der Waals surface area contributed by atoms with E-state index in [0.29, 0.717) is 19.1 Å². The Kier molecular flexibility index (Phi) is 5.30. The molecule has 5 heteroatoms. The first-order chi connectivity index (χ1) is 13.3. The zero-order chi connectivity index (χ0) is 18.6. The molecule has 1 saturated heterocycles. The van der Waals surface area contributed by atoms with E-state index in [-0.39, 0.29) is 6.04 Å². The van der Waals surface area contributed by atoms with E-state index in [1.807, 2.05) is 24.3 Å². The van der Waals surface area contributed by atoms with Crippen molar-refractivity contribution < 1.29 is 19.0 Å². The van der Waals surface area contributed by atoms with Gasteiger partial charge < -0.3 is 19.0 Å². The Labute approximate surface area is 159 Å². The predicted molar refractivity (Wildman–Crippen MR) is 103 cm³/mol. The van der Waals surface area contributed by atoms with E-state index in [2.05, 4.69) is 23.1 Å². The fraction of sp³-hybridized carbons (Fsp3) is 0.409. The third-order valence-corrected chi connectivity index (χ3v) is 5.52. The summed E-state index contributed by atoms with van der Waals surface area (Å²) in [5.74, 6) is 2.89. The third kappa shape index (κ3) is 3.78. The van der Waals surface area contributed by atoms with Crippen molar-refractivity contribution in [2.24, 2.45) is 0 Å². The Hall–Kier alpha value is -2.53. The molecule has 2 heterocycles. The molecule has 0 N–H and O–H groups in total. The number of para-hydroxylation sites is 2. The highest BCUT2D eigenvalue weighted by Crippen LogP contribution is 2.36. The van der Waals surface area contributed by atoms with E-state index in [4.69, 9.17) is 14.2 Å². The van der Waals surface area contributed by atoms with E-state index in [1.54, 1.807) is 7.11 Å². The summed E-state index contributed by atoms with van der Waals surface area (Å²) in [7, 11) is 1.64. The van der Waals surface area contributed by atoms with Gasteiger partial charge in [0.2, 0.25) is 0 Å². The Morgan fingerprint density at radius 2 is 2.07 bits per heavy atom. The number of likely N-dealkylation sites (tertiary alicyclic amines) is 1. The third-order valence-electron chi connectivity index (χ3n) is 5.52. The number of benzene rings is 2. The van der Waals surface area contributed by atoms with Gasteiger partial charge in [0.25, 0.3) is 0 Å². The van der Waals surface area contributed by atoms with Crippen molar-refractivity contribution >= 4 is 6.29 Å². The molecule has 27 heavy (non-hydrogen) atoms. The fourth-order valence-electron chi connectivity index (χ4n) is 4.10. The summed E-state index contributed by atoms with van der Waals surface area (Å²) in [6.45, 7) is 2.62. The van der Waals surface area contributed by atoms with Crippen LogP contribution in [0.1, 0.15) is 23.5 Å². The molecule has 2 aromatic rings. The van der Waals surface area contributed by atoms with Crippen LogP contribution in [0.3, 0.4) is 0 Å². The lowest BCUT2D eigenvalue weighted by atomic mass is 9.94. The minimum Gasteiger partial charge on any atom is -0.493 e. The topological polar surface area (TPSA) is 48.0 Å². The second-order valence-electron chi connectivity index (χ2n) is 7.13. The maximum absolute atomic E-state index is 11.2. The van der Waals surface area contributed by atoms with Crippen LogP contribution < -0.4 is 14.2 Å². The summed E-state index contributed by atoms with van der Waals surface area (Å²) in [5.41, 5.74) is 2.62. The van der Waals surface area contributed by atoms with Crippen LogP contribution in [0.25, 0.3) is 0 Å². The highest BCUT2D eigenvalue weighted by Gasteiger charge is 2.33. The van der Waals surface area contributed by atoms with Gasteiger partial charge in [0.1, 0.15) is 18.6 Å². The largest absolute Gasteiger partial charge is 0.493 e. The first-order valence-corrected chi connectivity index (χ1v) is 9.47. The lowest BCUT2D eigenvalue weighted by molar-refractivity contribution is -0.109. The molecule has 2 unspecified atom stereocenters. The molecule has 1 fully saturated rings. The van der Waals surface area contributed by atoms with Crippen molar-refractivity contribution in [2.45, 2.75) is 24.8 Å². The van der Waals surface area contributed by atoms with E-state index < -0.39 is 0 Å². The van der Waals surface area contributed by atoms with Gasteiger partial charge in [-0.2, -0.15) is 0 Å². The summed E-state index contributed by atoms with van der Waals surface area (Å²) in [5, 5.41) is 0. The SMILES string of the molecule is COc1ccccc1OCC1CC(c2ccc3c(c2)CCO3)CN1CC=O. The first kappa shape index (κ1) is 17.9. The number of hydrogen-bond donors (Lipinski definition) is 0. The van der Waals surface area contributed by atoms with Gasteiger partial charge in [-0.1, -0.05) is 24.3 Å². The van der Waals surface area contributed by atoms with E-state index >= 15 is 0 Å². The number of ether oxygens (including phenoxy) is 3. The molecule has 0 saturated carbocycles. The smallest absolute Gasteiger partial charge is 0.161 e. The minimum absolute atomic E-state index is 0.203. The van der Waals surface area contributed by atoms with E-state index in [0.717, 1.165) is 49.5 Å². The van der Waals surface area contributed by atoms with Gasteiger partial charge in [-0.15, -0.1) is 0 Å². The molecular weight excluding hydrogens is 342 g/mol. The second kappa shape index (κ2) is 8.01. The zero-order valence-corrected chi connectivity index (χ0v) is 15.6. The van der Waals surface area contributed by atoms with Crippen molar-refractivity contribution in [3.8, 4) is 17.2 Å². The van der Waals surface area contributed by atoms with Gasteiger partial charge in [-0.25, -0.2) is 0 Å². The van der Waals surface area contributed by atoms with Crippen LogP contribution in [0.2, 0.25) is 0 Å². The van der Waals surface area contributed by atoms with Crippen LogP contribution in [0.4, 0.5) is 0 Å². The maximum Gasteiger partial charge on any atom is 0.161 e. The molecule has 2 aliphatic heterocycles. The number of hydrogen-bond acceptors (Lipinski definition) is 5. The number of carbonyl (C=O) groups excluding carboxylic acids is 1. The Morgan fingerprint density at radius 3 is 2.89 bits per heavy atom. The molecule has 2 aliphatic rings. The van der Waals surface area contributed by atoms with Crippen molar-refractivity contribution in [3.63, 3.8) is 0 Å². The molecular formula is C22H25NO4. The first-order valence-electron chi connectivity index (χ1n) is 9.47. The van der Waals surface area contributed by atoms with Crippen molar-refractivity contribution in [1.82, 2.24) is 4.90 Å². The molecule has 142 valence electrons. The molecule has 0 radical (unpaired) electrons. The van der Waals surface area contributed by atoms with Crippen LogP contribution in [0.15, 0.2) is 42.5 Å². The number of fused-ring (bicyclic) bond motifs is 1. The summed E-state index contributed by atoms with van der Waals surface area (Å²) in [6, 6.07) is 14.4. The van der Waals surface area contributed by atoms with E-state index in [1.165, 1.54) is 11.1 Å². The monoisotopic (exact) mass is 367 g/mol. The summed E-state index contributed by atoms with van der Waals surface area (Å²) < 4.78 is 17.0. The average Bonchev–Trinajstić information content (AvgIpc) is 3.33. The zero-order valence-electron chi connectivity index (χ0n) is 15.6. The molecule has 4 rings (SSSR count). The standard InChI is InChI=1S/C22H25NO4/c1-25-21-4-2-3-5-22(21)27-15-19-13-18(14-23(19)9-10-24)16-6-7-20-17(12-16)8-11-26-20/h2-7,10,12,18-19H,8-9,11,13-15H2,1H3. The Morgan fingerprint density at radius 1 is 1.22 bits per heavy atom. The highest BCUT2D eigenvalue weighted by molar-refractivity contribution is 5.52. The highest BCUT2D eigenvalue weighted by atomic mass is 16.5. The van der Waals surface area contributed by atoms with E-state index in [9.17, 15) is 4.79 Å². The number of rotatable bonds is 7. The van der Waals surface area contributed by atoms with Crippen molar-refractivity contribution in [2.75, 3.05) is 33.4 Å². The van der Waals surface area contributed by atoms with Gasteiger partial charge in [0.05, 0.1) is 20.3 Å². The number of methoxy groups -OCH3 is 1. The normalized spacial score (nSPS) is 21.5. The molecule has 0 bridgehead atoms. The van der Waals surface area contributed by atoms with Gasteiger partial charge in [-0.3, -0.25) is 4.90 Å². The molecule has 0 spiro atoms. The maximum atomic E-state index is 11.2. The number of nitrogens with zero attached hydrogens (tertiary/aromatic N) is 1. The van der Waals surface area contributed by atoms with Crippen LogP contribution >= 0.6 is 0 Å². The fourth-order valence-corrected chi connectivity index (χ4v) is 4.10. The summed E-state index contributed by atoms with van der Waals surface area (Å²) >= 11 is 0. The molecule has 2 aromatic carbocycles. The minimum atomic E-state index is 0.203. The molecule has 0 aromatic heterocycles. The second-order valence-corrected chi connectivity index (χ2v) is 7.13. The molecule has 2 atom stereocenters. The molecule has 0 amide bonds. The van der Waals surface area contributed by atoms with Crippen LogP contribution in [0.5, 0.6) is 17.2 Å². The van der Waals surface area contributed by atoms with Crippen LogP contribution in [-0.4, -0.2) is 50.6 Å². The van der Waals surface area contributed by atoms with Gasteiger partial charge in [-0.05, 0) is 41.7 Å². The van der Waals surface area contributed by atoms with Gasteiger partial charge >= 0.3 is 0 Å². The Bertz CT molecular complexity index is 807. The summed E-state index contributed by atoms with van der Waals surface area (Å²) in [4.78, 5) is 13.4. The van der Waals surface area contributed by atoms with Gasteiger partial charge in [0.15, 0.2) is 11.5 Å². The van der Waals surface area contributed by atoms with Gasteiger partial charge in [0, 0.05) is 19.0 Å². The quantitative estimate of drug-likeness (QED) is 0.704. The molecule has 0 aliphatic carbocycles. The van der Waals surface area contributed by atoms with Crippen molar-refractivity contribution in [1.29, 1.82) is 0 Å². The number of aldehydes is 1. The van der Waals surface area contributed by atoms with Crippen LogP contribution in [0, 0.1) is 0 Å². The van der Waals surface area contributed by atoms with Crippen LogP contribution in [-0.2, 0) is 11.2 Å². The van der Waals surface area contributed by atoms with Crippen molar-refractivity contribution in [3.05, 3.63) is 53.6 Å². The lowest BCUT2D eigenvalue weighted by Gasteiger charge is -2.22. The number of carbonyl (C=O) groups is 1. The lowest BCUT2D eigenvalue weighted by Crippen LogP contribution is -2.35. The average molecular weight is 367 g/mol. The Balaban J connectivity index is 1.46. The predicted octanol–water partition coefficient (Wildman–Crippen LogP) is 3.07. The molecule has 5 nitrogen and oxygen atoms in total. The summed E-state index contributed by atoms with van der Waals surface area (Å²) in [6.07, 6.45) is 2.94.